The number of guanidine groups is 1. The Labute approximate surface area is 201 Å². The van der Waals surface area contributed by atoms with Gasteiger partial charge < -0.3 is 20.1 Å². The molecule has 0 aliphatic heterocycles. The van der Waals surface area contributed by atoms with Gasteiger partial charge in [-0.25, -0.2) is 9.37 Å². The number of ether oxygens (including phenoxy) is 2. The van der Waals surface area contributed by atoms with Gasteiger partial charge in [-0.1, -0.05) is 25.0 Å². The zero-order valence-electron chi connectivity index (χ0n) is 18.2. The smallest absolute Gasteiger partial charge is 0.224 e. The molecule has 1 aromatic heterocycles. The van der Waals surface area contributed by atoms with Crippen LogP contribution in [-0.4, -0.2) is 38.3 Å². The van der Waals surface area contributed by atoms with Crippen LogP contribution in [0.4, 0.5) is 4.39 Å². The minimum Gasteiger partial charge on any atom is -0.439 e. The van der Waals surface area contributed by atoms with Crippen LogP contribution >= 0.6 is 24.0 Å². The maximum Gasteiger partial charge on any atom is 0.224 e. The van der Waals surface area contributed by atoms with Crippen molar-refractivity contribution in [2.24, 2.45) is 10.4 Å². The van der Waals surface area contributed by atoms with Crippen molar-refractivity contribution in [3.05, 3.63) is 54.0 Å². The summed E-state index contributed by atoms with van der Waals surface area (Å²) in [5, 5.41) is 6.81. The second kappa shape index (κ2) is 12.8. The molecule has 2 aromatic rings. The number of halogens is 2. The summed E-state index contributed by atoms with van der Waals surface area (Å²) in [6.45, 7) is 2.14. The summed E-state index contributed by atoms with van der Waals surface area (Å²) >= 11 is 0. The molecule has 1 fully saturated rings. The van der Waals surface area contributed by atoms with Gasteiger partial charge in [0.15, 0.2) is 5.96 Å². The first-order valence-electron chi connectivity index (χ1n) is 10.4. The number of nitrogens with zero attached hydrogens (tertiary/aromatic N) is 2. The van der Waals surface area contributed by atoms with Gasteiger partial charge in [0.1, 0.15) is 11.6 Å². The second-order valence-electron chi connectivity index (χ2n) is 7.76. The van der Waals surface area contributed by atoms with Crippen LogP contribution in [0, 0.1) is 11.2 Å². The second-order valence-corrected chi connectivity index (χ2v) is 7.76. The van der Waals surface area contributed by atoms with Gasteiger partial charge in [-0.05, 0) is 42.9 Å². The van der Waals surface area contributed by atoms with E-state index in [1.807, 2.05) is 12.1 Å². The Morgan fingerprint density at radius 3 is 2.71 bits per heavy atom. The number of aromatic nitrogens is 1. The molecule has 31 heavy (non-hydrogen) atoms. The molecule has 0 saturated heterocycles. The molecule has 1 saturated carbocycles. The summed E-state index contributed by atoms with van der Waals surface area (Å²) in [5.74, 6) is 1.25. The van der Waals surface area contributed by atoms with Crippen LogP contribution in [0.3, 0.4) is 0 Å². The van der Waals surface area contributed by atoms with E-state index >= 15 is 0 Å². The molecule has 0 amide bonds. The molecule has 2 N–H and O–H groups in total. The average Bonchev–Trinajstić information content (AvgIpc) is 3.22. The number of benzene rings is 1. The first kappa shape index (κ1) is 25.3. The van der Waals surface area contributed by atoms with Crippen molar-refractivity contribution in [1.29, 1.82) is 0 Å². The third-order valence-corrected chi connectivity index (χ3v) is 5.66. The molecule has 1 aliphatic carbocycles. The molecule has 3 rings (SSSR count). The Kier molecular flexibility index (Phi) is 10.5. The quantitative estimate of drug-likeness (QED) is 0.268. The third-order valence-electron chi connectivity index (χ3n) is 5.66. The Bertz CT molecular complexity index is 844. The lowest BCUT2D eigenvalue weighted by Crippen LogP contribution is -2.43. The fraction of sp³-hybridized carbons (Fsp3) is 0.478. The predicted octanol–water partition coefficient (Wildman–Crippen LogP) is 4.89. The predicted molar refractivity (Wildman–Crippen MR) is 132 cm³/mol. The average molecular weight is 542 g/mol. The minimum absolute atomic E-state index is 0. The molecule has 0 unspecified atom stereocenters. The van der Waals surface area contributed by atoms with E-state index in [0.717, 1.165) is 31.1 Å². The number of nitrogens with one attached hydrogen (secondary N) is 2. The Morgan fingerprint density at radius 2 is 2.00 bits per heavy atom. The first-order chi connectivity index (χ1) is 14.6. The van der Waals surface area contributed by atoms with E-state index in [2.05, 4.69) is 20.6 Å². The maximum atomic E-state index is 13.4. The van der Waals surface area contributed by atoms with E-state index in [-0.39, 0.29) is 35.2 Å². The van der Waals surface area contributed by atoms with Crippen molar-refractivity contribution in [3.8, 4) is 11.6 Å². The number of hydrogen-bond acceptors (Lipinski definition) is 4. The Hall–Kier alpha value is -1.94. The van der Waals surface area contributed by atoms with E-state index in [1.165, 1.54) is 37.8 Å². The van der Waals surface area contributed by atoms with Crippen LogP contribution in [0.25, 0.3) is 0 Å². The highest BCUT2D eigenvalue weighted by atomic mass is 127. The van der Waals surface area contributed by atoms with Gasteiger partial charge in [0.25, 0.3) is 0 Å². The van der Waals surface area contributed by atoms with Crippen molar-refractivity contribution >= 4 is 29.9 Å². The summed E-state index contributed by atoms with van der Waals surface area (Å²) in [5.41, 5.74) is 1.13. The summed E-state index contributed by atoms with van der Waals surface area (Å²) in [6, 6.07) is 9.82. The molecule has 0 radical (unpaired) electrons. The minimum atomic E-state index is -0.345. The molecule has 0 spiro atoms. The number of rotatable bonds is 9. The van der Waals surface area contributed by atoms with Crippen LogP contribution in [0.15, 0.2) is 47.6 Å². The van der Waals surface area contributed by atoms with Crippen LogP contribution in [0.2, 0.25) is 0 Å². The summed E-state index contributed by atoms with van der Waals surface area (Å²) < 4.78 is 24.6. The van der Waals surface area contributed by atoms with Crippen LogP contribution in [-0.2, 0) is 11.3 Å². The van der Waals surface area contributed by atoms with Gasteiger partial charge in [-0.2, -0.15) is 0 Å². The van der Waals surface area contributed by atoms with Crippen LogP contribution in [0.1, 0.15) is 37.7 Å². The zero-order valence-corrected chi connectivity index (χ0v) is 20.5. The van der Waals surface area contributed by atoms with E-state index in [0.29, 0.717) is 18.2 Å². The fourth-order valence-electron chi connectivity index (χ4n) is 3.92. The van der Waals surface area contributed by atoms with E-state index in [1.54, 1.807) is 32.5 Å². The molecule has 1 aliphatic rings. The van der Waals surface area contributed by atoms with Crippen molar-refractivity contribution < 1.29 is 13.9 Å². The highest BCUT2D eigenvalue weighted by Gasteiger charge is 2.33. The molecule has 0 atom stereocenters. The molecule has 6 nitrogen and oxygen atoms in total. The summed E-state index contributed by atoms with van der Waals surface area (Å²) in [6.07, 6.45) is 7.69. The van der Waals surface area contributed by atoms with E-state index in [4.69, 9.17) is 9.47 Å². The molecule has 8 heteroatoms. The fourth-order valence-corrected chi connectivity index (χ4v) is 3.92. The van der Waals surface area contributed by atoms with Gasteiger partial charge in [0, 0.05) is 51.7 Å². The van der Waals surface area contributed by atoms with Gasteiger partial charge >= 0.3 is 0 Å². The largest absolute Gasteiger partial charge is 0.439 e. The SMILES string of the molecule is CN=C(NCc1cccnc1Oc1cccc(F)c1)NCC1(CCOC)CCCC1.I. The number of hydrogen-bond donors (Lipinski definition) is 2. The lowest BCUT2D eigenvalue weighted by Gasteiger charge is -2.30. The van der Waals surface area contributed by atoms with Crippen LogP contribution < -0.4 is 15.4 Å². The standard InChI is InChI=1S/C23H31FN4O2.HI/c1-25-22(28-17-23(12-14-29-2)10-3-4-11-23)27-16-18-7-6-13-26-21(18)30-20-9-5-8-19(24)15-20;/h5-9,13,15H,3-4,10-12,14,16-17H2,1-2H3,(H2,25,27,28);1H. The van der Waals surface area contributed by atoms with Crippen LogP contribution in [0.5, 0.6) is 11.6 Å². The van der Waals surface area contributed by atoms with Gasteiger partial charge in [0.2, 0.25) is 5.88 Å². The lowest BCUT2D eigenvalue weighted by atomic mass is 9.83. The number of aliphatic imine (C=N–C) groups is 1. The molecule has 0 bridgehead atoms. The Morgan fingerprint density at radius 1 is 1.19 bits per heavy atom. The molecule has 170 valence electrons. The molecular weight excluding hydrogens is 510 g/mol. The molecule has 1 heterocycles. The molecule has 1 aromatic carbocycles. The number of methoxy groups -OCH3 is 1. The third kappa shape index (κ3) is 7.60. The highest BCUT2D eigenvalue weighted by molar-refractivity contribution is 14.0. The summed E-state index contributed by atoms with van der Waals surface area (Å²) in [7, 11) is 3.52. The first-order valence-corrected chi connectivity index (χ1v) is 10.4. The highest BCUT2D eigenvalue weighted by Crippen LogP contribution is 2.40. The van der Waals surface area contributed by atoms with Crippen molar-refractivity contribution in [1.82, 2.24) is 15.6 Å². The zero-order chi connectivity index (χ0) is 21.2. The topological polar surface area (TPSA) is 67.8 Å². The Balaban J connectivity index is 0.00000341. The lowest BCUT2D eigenvalue weighted by molar-refractivity contribution is 0.138. The molecular formula is C23H32FIN4O2. The monoisotopic (exact) mass is 542 g/mol. The van der Waals surface area contributed by atoms with Crippen molar-refractivity contribution in [3.63, 3.8) is 0 Å². The maximum absolute atomic E-state index is 13.4. The van der Waals surface area contributed by atoms with Gasteiger partial charge in [-0.3, -0.25) is 4.99 Å². The van der Waals surface area contributed by atoms with Gasteiger partial charge in [-0.15, -0.1) is 24.0 Å². The van der Waals surface area contributed by atoms with Crippen molar-refractivity contribution in [2.45, 2.75) is 38.6 Å². The van der Waals surface area contributed by atoms with Gasteiger partial charge in [0.05, 0.1) is 0 Å². The summed E-state index contributed by atoms with van der Waals surface area (Å²) in [4.78, 5) is 8.66. The van der Waals surface area contributed by atoms with E-state index in [9.17, 15) is 4.39 Å². The van der Waals surface area contributed by atoms with E-state index < -0.39 is 0 Å². The number of pyridine rings is 1. The van der Waals surface area contributed by atoms with Crippen molar-refractivity contribution in [2.75, 3.05) is 27.3 Å². The normalized spacial score (nSPS) is 15.3.